The van der Waals surface area contributed by atoms with Crippen LogP contribution in [0.2, 0.25) is 0 Å². The average molecular weight is 875 g/mol. The zero-order chi connectivity index (χ0) is 43.7. The van der Waals surface area contributed by atoms with Crippen molar-refractivity contribution in [3.8, 4) is 0 Å². The van der Waals surface area contributed by atoms with Gasteiger partial charge in [0.1, 0.15) is 12.7 Å². The number of phosphoric ester groups is 2. The second-order valence-corrected chi connectivity index (χ2v) is 16.9. The molecule has 13 nitrogen and oxygen atoms in total. The highest BCUT2D eigenvalue weighted by Gasteiger charge is 2.28. The van der Waals surface area contributed by atoms with Crippen molar-refractivity contribution in [2.45, 2.75) is 167 Å². The Kier molecular flexibility index (Phi) is 38.0. The maximum absolute atomic E-state index is 12.7. The number of hydrogen-bond donors (Lipinski definition) is 4. The number of rotatable bonds is 40. The predicted molar refractivity (Wildman–Crippen MR) is 234 cm³/mol. The molecule has 0 aromatic heterocycles. The van der Waals surface area contributed by atoms with Gasteiger partial charge in [-0.3, -0.25) is 23.2 Å². The molecule has 0 spiro atoms. The molecule has 0 aromatic carbocycles. The van der Waals surface area contributed by atoms with Crippen molar-refractivity contribution in [1.29, 1.82) is 0 Å². The highest BCUT2D eigenvalue weighted by molar-refractivity contribution is 7.47. The van der Waals surface area contributed by atoms with E-state index >= 15 is 0 Å². The van der Waals surface area contributed by atoms with Crippen LogP contribution in [0, 0.1) is 0 Å². The molecule has 0 aromatic rings. The summed E-state index contributed by atoms with van der Waals surface area (Å²) in [6, 6.07) is 0. The van der Waals surface area contributed by atoms with E-state index in [1.807, 2.05) is 0 Å². The number of carbonyl (C=O) groups excluding carboxylic acids is 2. The van der Waals surface area contributed by atoms with E-state index in [0.29, 0.717) is 12.8 Å². The lowest BCUT2D eigenvalue weighted by molar-refractivity contribution is -0.161. The molecule has 0 bridgehead atoms. The fourth-order valence-electron chi connectivity index (χ4n) is 5.31. The minimum atomic E-state index is -4.87. The molecule has 0 rings (SSSR count). The van der Waals surface area contributed by atoms with Gasteiger partial charge in [-0.1, -0.05) is 132 Å². The molecular weight excluding hydrogens is 798 g/mol. The van der Waals surface area contributed by atoms with E-state index in [0.717, 1.165) is 96.3 Å². The first-order chi connectivity index (χ1) is 28.4. The van der Waals surface area contributed by atoms with Gasteiger partial charge in [0.25, 0.3) is 0 Å². The van der Waals surface area contributed by atoms with Gasteiger partial charge in [0.05, 0.1) is 19.8 Å². The summed E-state index contributed by atoms with van der Waals surface area (Å²) in [5.74, 6) is -1.08. The van der Waals surface area contributed by atoms with Crippen molar-refractivity contribution in [3.63, 3.8) is 0 Å². The molecule has 15 heteroatoms. The van der Waals surface area contributed by atoms with Gasteiger partial charge in [-0.05, 0) is 83.5 Å². The van der Waals surface area contributed by atoms with Gasteiger partial charge in [-0.2, -0.15) is 0 Å². The van der Waals surface area contributed by atoms with Gasteiger partial charge >= 0.3 is 27.6 Å². The number of hydrogen-bond acceptors (Lipinski definition) is 10. The van der Waals surface area contributed by atoms with Crippen LogP contribution >= 0.6 is 15.6 Å². The molecule has 59 heavy (non-hydrogen) atoms. The van der Waals surface area contributed by atoms with Crippen LogP contribution < -0.4 is 0 Å². The Hall–Kier alpha value is -2.44. The largest absolute Gasteiger partial charge is 0.472 e. The molecule has 0 aliphatic carbocycles. The minimum absolute atomic E-state index is 0.0967. The summed E-state index contributed by atoms with van der Waals surface area (Å²) >= 11 is 0. The third-order valence-electron chi connectivity index (χ3n) is 8.57. The van der Waals surface area contributed by atoms with E-state index in [1.54, 1.807) is 0 Å². The van der Waals surface area contributed by atoms with Crippen LogP contribution in [0.4, 0.5) is 0 Å². The Morgan fingerprint density at radius 2 is 0.932 bits per heavy atom. The molecule has 340 valence electrons. The topological polar surface area (TPSA) is 195 Å². The van der Waals surface area contributed by atoms with Gasteiger partial charge in [0.2, 0.25) is 0 Å². The lowest BCUT2D eigenvalue weighted by Crippen LogP contribution is -2.30. The minimum Gasteiger partial charge on any atom is -0.462 e. The Morgan fingerprint density at radius 3 is 1.44 bits per heavy atom. The normalized spacial score (nSPS) is 14.7. The van der Waals surface area contributed by atoms with Gasteiger partial charge < -0.3 is 29.3 Å². The molecule has 0 fully saturated rings. The average Bonchev–Trinajstić information content (AvgIpc) is 3.19. The first-order valence-corrected chi connectivity index (χ1v) is 24.7. The molecular formula is C44H76O13P2. The second kappa shape index (κ2) is 39.7. The first-order valence-electron chi connectivity index (χ1n) is 21.6. The number of unbranched alkanes of at least 4 members (excludes halogenated alkanes) is 12. The summed E-state index contributed by atoms with van der Waals surface area (Å²) in [7, 11) is -9.69. The van der Waals surface area contributed by atoms with Crippen LogP contribution in [0.1, 0.15) is 155 Å². The SMILES string of the molecule is CC/C=C\C/C=C\C/C=C\C/C=C\CCCCCCC(=O)O[C@H](COC(=O)CCCCCCC/C=C\C/C=C\CCCCC)COP(=O)(O)OC[C@@H](O)COP(=O)(O)O. The van der Waals surface area contributed by atoms with Crippen molar-refractivity contribution in [2.75, 3.05) is 26.4 Å². The third kappa shape index (κ3) is 43.5. The van der Waals surface area contributed by atoms with Crippen molar-refractivity contribution >= 4 is 27.6 Å². The van der Waals surface area contributed by atoms with Gasteiger partial charge in [0.15, 0.2) is 6.10 Å². The van der Waals surface area contributed by atoms with E-state index in [2.05, 4.69) is 95.8 Å². The predicted octanol–water partition coefficient (Wildman–Crippen LogP) is 11.0. The molecule has 0 saturated carbocycles. The smallest absolute Gasteiger partial charge is 0.462 e. The maximum atomic E-state index is 12.7. The molecule has 1 unspecified atom stereocenters. The van der Waals surface area contributed by atoms with E-state index in [4.69, 9.17) is 23.8 Å². The molecule has 0 aliphatic rings. The van der Waals surface area contributed by atoms with Crippen molar-refractivity contribution in [3.05, 3.63) is 72.9 Å². The van der Waals surface area contributed by atoms with Crippen LogP contribution in [-0.2, 0) is 41.8 Å². The van der Waals surface area contributed by atoms with Crippen LogP contribution in [0.15, 0.2) is 72.9 Å². The fraction of sp³-hybridized carbons (Fsp3) is 0.682. The van der Waals surface area contributed by atoms with Crippen LogP contribution in [0.3, 0.4) is 0 Å². The van der Waals surface area contributed by atoms with E-state index in [9.17, 15) is 28.7 Å². The Morgan fingerprint density at radius 1 is 0.508 bits per heavy atom. The van der Waals surface area contributed by atoms with Crippen molar-refractivity contribution in [1.82, 2.24) is 0 Å². The lowest BCUT2D eigenvalue weighted by Gasteiger charge is -2.20. The highest BCUT2D eigenvalue weighted by atomic mass is 31.2. The lowest BCUT2D eigenvalue weighted by atomic mass is 10.1. The van der Waals surface area contributed by atoms with E-state index in [-0.39, 0.29) is 12.8 Å². The quantitative estimate of drug-likeness (QED) is 0.0197. The van der Waals surface area contributed by atoms with Crippen molar-refractivity contribution < 1.29 is 61.6 Å². The number of aliphatic hydroxyl groups excluding tert-OH is 1. The van der Waals surface area contributed by atoms with Gasteiger partial charge in [0, 0.05) is 12.8 Å². The standard InChI is InChI=1S/C44H76O13P2/c1-3-5-7-9-11-13-15-17-19-20-22-24-26-28-30-32-34-36-44(47)57-42(40-56-59(51,52)55-38-41(45)37-54-58(48,49)50)39-53-43(46)35-33-31-29-27-25-23-21-18-16-14-12-10-8-6-4-2/h5,7,11-14,17-19,21-22,24,41-42,45H,3-4,6,8-10,15-16,20,23,25-40H2,1-2H3,(H,51,52)(H2,48,49,50)/b7-5-,13-11-,14-12-,19-17-,21-18-,24-22-/t41-,42+/m0/s1. The molecule has 4 N–H and O–H groups in total. The summed E-state index contributed by atoms with van der Waals surface area (Å²) < 4.78 is 47.7. The molecule has 0 heterocycles. The fourth-order valence-corrected chi connectivity index (χ4v) is 6.46. The number of esters is 2. The van der Waals surface area contributed by atoms with Crippen LogP contribution in [-0.4, -0.2) is 70.4 Å². The van der Waals surface area contributed by atoms with Gasteiger partial charge in [-0.15, -0.1) is 0 Å². The molecule has 0 amide bonds. The van der Waals surface area contributed by atoms with Gasteiger partial charge in [-0.25, -0.2) is 9.13 Å². The Bertz CT molecular complexity index is 1320. The summed E-state index contributed by atoms with van der Waals surface area (Å²) in [6.45, 7) is 1.57. The number of ether oxygens (including phenoxy) is 2. The third-order valence-corrected chi connectivity index (χ3v) is 10.0. The van der Waals surface area contributed by atoms with E-state index < -0.39 is 66.2 Å². The zero-order valence-electron chi connectivity index (χ0n) is 35.8. The van der Waals surface area contributed by atoms with Crippen LogP contribution in [0.25, 0.3) is 0 Å². The zero-order valence-corrected chi connectivity index (χ0v) is 37.6. The summed E-state index contributed by atoms with van der Waals surface area (Å²) in [5, 5.41) is 9.74. The Labute approximate surface area is 354 Å². The summed E-state index contributed by atoms with van der Waals surface area (Å²) in [4.78, 5) is 52.7. The number of allylic oxidation sites excluding steroid dienone is 12. The molecule has 0 aliphatic heterocycles. The Balaban J connectivity index is 4.61. The number of aliphatic hydroxyl groups is 1. The number of carbonyl (C=O) groups is 2. The number of phosphoric acid groups is 2. The molecule has 3 atom stereocenters. The summed E-state index contributed by atoms with van der Waals surface area (Å²) in [5.41, 5.74) is 0. The molecule has 0 radical (unpaired) electrons. The van der Waals surface area contributed by atoms with Crippen LogP contribution in [0.5, 0.6) is 0 Å². The summed E-state index contributed by atoms with van der Waals surface area (Å²) in [6.07, 6.45) is 43.2. The monoisotopic (exact) mass is 874 g/mol. The maximum Gasteiger partial charge on any atom is 0.472 e. The second-order valence-electron chi connectivity index (χ2n) is 14.2. The highest BCUT2D eigenvalue weighted by Crippen LogP contribution is 2.43. The molecule has 0 saturated heterocycles. The first kappa shape index (κ1) is 56.6. The van der Waals surface area contributed by atoms with Crippen molar-refractivity contribution in [2.24, 2.45) is 0 Å². The van der Waals surface area contributed by atoms with E-state index in [1.165, 1.54) is 19.3 Å².